The lowest BCUT2D eigenvalue weighted by atomic mass is 10.1. The normalized spacial score (nSPS) is 25.6. The summed E-state index contributed by atoms with van der Waals surface area (Å²) in [6.45, 7) is 0.729. The molecule has 6 nitrogen and oxygen atoms in total. The van der Waals surface area contributed by atoms with Crippen LogP contribution in [0.15, 0.2) is 28.8 Å². The number of amides is 1. The summed E-state index contributed by atoms with van der Waals surface area (Å²) in [6, 6.07) is 7.77. The van der Waals surface area contributed by atoms with Crippen molar-refractivity contribution in [3.63, 3.8) is 0 Å². The molecular weight excluding hydrogens is 306 g/mol. The Morgan fingerprint density at radius 2 is 2.08 bits per heavy atom. The molecule has 0 bridgehead atoms. The second kappa shape index (κ2) is 5.33. The predicted octanol–water partition coefficient (Wildman–Crippen LogP) is 2.61. The number of aromatic nitrogens is 2. The van der Waals surface area contributed by atoms with E-state index in [0.29, 0.717) is 18.2 Å². The van der Waals surface area contributed by atoms with Crippen LogP contribution in [0.1, 0.15) is 54.9 Å². The number of carbonyl (C=O) groups excluding carboxylic acids is 1. The van der Waals surface area contributed by atoms with E-state index in [1.165, 1.54) is 0 Å². The SMILES string of the molecule is O=C([C@H]1Cc2ccccc2O1)N1CCC[C@H]1c1noc(C2CC2)n1. The second-order valence-electron chi connectivity index (χ2n) is 6.87. The molecule has 5 rings (SSSR count). The van der Waals surface area contributed by atoms with Gasteiger partial charge in [-0.1, -0.05) is 23.4 Å². The molecule has 1 aromatic heterocycles. The Balaban J connectivity index is 1.34. The Morgan fingerprint density at radius 1 is 1.21 bits per heavy atom. The Morgan fingerprint density at radius 3 is 2.92 bits per heavy atom. The topological polar surface area (TPSA) is 68.5 Å². The molecule has 124 valence electrons. The van der Waals surface area contributed by atoms with Gasteiger partial charge in [-0.25, -0.2) is 0 Å². The molecule has 24 heavy (non-hydrogen) atoms. The van der Waals surface area contributed by atoms with Gasteiger partial charge in [-0.3, -0.25) is 4.79 Å². The zero-order chi connectivity index (χ0) is 16.1. The molecule has 0 unspecified atom stereocenters. The minimum absolute atomic E-state index is 0.0338. The van der Waals surface area contributed by atoms with Crippen molar-refractivity contribution < 1.29 is 14.1 Å². The van der Waals surface area contributed by atoms with Crippen molar-refractivity contribution in [2.75, 3.05) is 6.54 Å². The van der Waals surface area contributed by atoms with Crippen LogP contribution in [0, 0.1) is 0 Å². The van der Waals surface area contributed by atoms with Crippen molar-refractivity contribution in [1.29, 1.82) is 0 Å². The first kappa shape index (κ1) is 14.0. The van der Waals surface area contributed by atoms with Crippen molar-refractivity contribution >= 4 is 5.91 Å². The van der Waals surface area contributed by atoms with E-state index in [1.54, 1.807) is 0 Å². The molecule has 3 aliphatic rings. The molecule has 1 aromatic carbocycles. The summed E-state index contributed by atoms with van der Waals surface area (Å²) >= 11 is 0. The fourth-order valence-electron chi connectivity index (χ4n) is 3.68. The Labute approximate surface area is 139 Å². The van der Waals surface area contributed by atoms with Crippen LogP contribution < -0.4 is 4.74 Å². The minimum atomic E-state index is -0.433. The molecule has 2 fully saturated rings. The van der Waals surface area contributed by atoms with Crippen LogP contribution in [0.3, 0.4) is 0 Å². The molecule has 2 aliphatic heterocycles. The zero-order valence-corrected chi connectivity index (χ0v) is 13.4. The van der Waals surface area contributed by atoms with Gasteiger partial charge in [-0.2, -0.15) is 4.98 Å². The lowest BCUT2D eigenvalue weighted by Gasteiger charge is -2.25. The van der Waals surface area contributed by atoms with E-state index in [4.69, 9.17) is 9.26 Å². The molecule has 1 aliphatic carbocycles. The molecular formula is C18H19N3O3. The van der Waals surface area contributed by atoms with Crippen molar-refractivity contribution in [2.45, 2.75) is 50.2 Å². The maximum atomic E-state index is 13.0. The van der Waals surface area contributed by atoms with E-state index in [1.807, 2.05) is 29.2 Å². The number of benzene rings is 1. The van der Waals surface area contributed by atoms with Crippen molar-refractivity contribution in [3.8, 4) is 5.75 Å². The Kier molecular flexibility index (Phi) is 3.11. The second-order valence-corrected chi connectivity index (χ2v) is 6.87. The van der Waals surface area contributed by atoms with E-state index in [0.717, 1.165) is 49.4 Å². The molecule has 0 radical (unpaired) electrons. The van der Waals surface area contributed by atoms with Crippen LogP contribution in [0.4, 0.5) is 0 Å². The van der Waals surface area contributed by atoms with Gasteiger partial charge < -0.3 is 14.2 Å². The molecule has 0 N–H and O–H groups in total. The van der Waals surface area contributed by atoms with Crippen LogP contribution in [-0.4, -0.2) is 33.6 Å². The van der Waals surface area contributed by atoms with Gasteiger partial charge in [0.05, 0.1) is 6.04 Å². The number of ether oxygens (including phenoxy) is 1. The Bertz CT molecular complexity index is 758. The van der Waals surface area contributed by atoms with Gasteiger partial charge in [0.15, 0.2) is 11.9 Å². The number of fused-ring (bicyclic) bond motifs is 1. The fourth-order valence-corrected chi connectivity index (χ4v) is 3.68. The van der Waals surface area contributed by atoms with Crippen molar-refractivity contribution in [2.24, 2.45) is 0 Å². The van der Waals surface area contributed by atoms with E-state index in [-0.39, 0.29) is 11.9 Å². The third-order valence-electron chi connectivity index (χ3n) is 5.14. The number of rotatable bonds is 3. The maximum absolute atomic E-state index is 13.0. The van der Waals surface area contributed by atoms with Crippen molar-refractivity contribution in [3.05, 3.63) is 41.5 Å². The predicted molar refractivity (Wildman–Crippen MR) is 84.5 cm³/mol. The third-order valence-corrected chi connectivity index (χ3v) is 5.14. The third kappa shape index (κ3) is 2.28. The Hall–Kier alpha value is -2.37. The molecule has 0 spiro atoms. The largest absolute Gasteiger partial charge is 0.480 e. The van der Waals surface area contributed by atoms with Gasteiger partial charge in [-0.05, 0) is 37.3 Å². The van der Waals surface area contributed by atoms with Crippen LogP contribution in [0.25, 0.3) is 0 Å². The quantitative estimate of drug-likeness (QED) is 0.868. The highest BCUT2D eigenvalue weighted by Gasteiger charge is 2.40. The average Bonchev–Trinajstić information content (AvgIpc) is 3.06. The maximum Gasteiger partial charge on any atom is 0.264 e. The summed E-state index contributed by atoms with van der Waals surface area (Å²) in [5, 5.41) is 4.14. The molecule has 3 heterocycles. The molecule has 2 aromatic rings. The first-order valence-electron chi connectivity index (χ1n) is 8.68. The number of hydrogen-bond donors (Lipinski definition) is 0. The standard InChI is InChI=1S/C18H19N3O3/c22-18(15-10-12-4-1-2-6-14(12)23-15)21-9-3-5-13(21)16-19-17(24-20-16)11-7-8-11/h1-2,4,6,11,13,15H,3,5,7-10H2/t13-,15+/m0/s1. The van der Waals surface area contributed by atoms with Gasteiger partial charge in [0.25, 0.3) is 5.91 Å². The summed E-state index contributed by atoms with van der Waals surface area (Å²) in [5.41, 5.74) is 1.10. The van der Waals surface area contributed by atoms with E-state index in [2.05, 4.69) is 10.1 Å². The van der Waals surface area contributed by atoms with Crippen LogP contribution in [-0.2, 0) is 11.2 Å². The minimum Gasteiger partial charge on any atom is -0.480 e. The zero-order valence-electron chi connectivity index (χ0n) is 13.4. The fraction of sp³-hybridized carbons (Fsp3) is 0.500. The smallest absolute Gasteiger partial charge is 0.264 e. The van der Waals surface area contributed by atoms with Crippen LogP contribution >= 0.6 is 0 Å². The van der Waals surface area contributed by atoms with Gasteiger partial charge in [0.1, 0.15) is 5.75 Å². The molecule has 6 heteroatoms. The summed E-state index contributed by atoms with van der Waals surface area (Å²) in [7, 11) is 0. The monoisotopic (exact) mass is 325 g/mol. The molecule has 1 amide bonds. The summed E-state index contributed by atoms with van der Waals surface area (Å²) < 4.78 is 11.2. The van der Waals surface area contributed by atoms with E-state index < -0.39 is 6.10 Å². The highest BCUT2D eigenvalue weighted by Crippen LogP contribution is 2.40. The number of carbonyl (C=O) groups is 1. The van der Waals surface area contributed by atoms with E-state index in [9.17, 15) is 4.79 Å². The highest BCUT2D eigenvalue weighted by atomic mass is 16.5. The average molecular weight is 325 g/mol. The van der Waals surface area contributed by atoms with Gasteiger partial charge >= 0.3 is 0 Å². The van der Waals surface area contributed by atoms with Crippen LogP contribution in [0.2, 0.25) is 0 Å². The highest BCUT2D eigenvalue weighted by molar-refractivity contribution is 5.83. The summed E-state index contributed by atoms with van der Waals surface area (Å²) in [4.78, 5) is 19.4. The van der Waals surface area contributed by atoms with Gasteiger partial charge in [-0.15, -0.1) is 0 Å². The summed E-state index contributed by atoms with van der Waals surface area (Å²) in [6.07, 6.45) is 4.31. The summed E-state index contributed by atoms with van der Waals surface area (Å²) in [5.74, 6) is 2.67. The number of nitrogens with zero attached hydrogens (tertiary/aromatic N) is 3. The van der Waals surface area contributed by atoms with Crippen molar-refractivity contribution in [1.82, 2.24) is 15.0 Å². The number of para-hydroxylation sites is 1. The molecule has 1 saturated heterocycles. The lowest BCUT2D eigenvalue weighted by molar-refractivity contribution is -0.139. The van der Waals surface area contributed by atoms with E-state index >= 15 is 0 Å². The van der Waals surface area contributed by atoms with Gasteiger partial charge in [0.2, 0.25) is 5.89 Å². The first-order chi connectivity index (χ1) is 11.8. The van der Waals surface area contributed by atoms with Crippen LogP contribution in [0.5, 0.6) is 5.75 Å². The molecule has 2 atom stereocenters. The number of likely N-dealkylation sites (tertiary alicyclic amines) is 1. The first-order valence-corrected chi connectivity index (χ1v) is 8.68. The number of hydrogen-bond acceptors (Lipinski definition) is 5. The lowest BCUT2D eigenvalue weighted by Crippen LogP contribution is -2.41. The molecule has 1 saturated carbocycles. The van der Waals surface area contributed by atoms with Gasteiger partial charge in [0, 0.05) is 18.9 Å².